The second-order valence-electron chi connectivity index (χ2n) is 7.82. The van der Waals surface area contributed by atoms with Crippen molar-refractivity contribution in [3.8, 4) is 17.3 Å². The number of aliphatic hydroxyl groups excluding tert-OH is 1. The fraction of sp³-hybridized carbons (Fsp3) is 0.318. The van der Waals surface area contributed by atoms with E-state index in [2.05, 4.69) is 0 Å². The van der Waals surface area contributed by atoms with E-state index in [-0.39, 0.29) is 16.9 Å². The SMILES string of the molecule is CC(C)(C)C(O)CCc1c(O)n(-c2ccccc2)n(-c2ccccc2)c1=O. The number of aliphatic hydroxyl groups is 1. The van der Waals surface area contributed by atoms with Crippen LogP contribution in [0, 0.1) is 5.41 Å². The molecule has 1 atom stereocenters. The summed E-state index contributed by atoms with van der Waals surface area (Å²) in [6.45, 7) is 5.86. The zero-order valence-electron chi connectivity index (χ0n) is 16.0. The molecule has 142 valence electrons. The van der Waals surface area contributed by atoms with E-state index in [1.807, 2.05) is 81.4 Å². The normalized spacial score (nSPS) is 12.9. The van der Waals surface area contributed by atoms with Crippen molar-refractivity contribution < 1.29 is 10.2 Å². The lowest BCUT2D eigenvalue weighted by atomic mass is 9.86. The Bertz CT molecular complexity index is 951. The lowest BCUT2D eigenvalue weighted by Crippen LogP contribution is -2.27. The largest absolute Gasteiger partial charge is 0.493 e. The van der Waals surface area contributed by atoms with Crippen LogP contribution < -0.4 is 5.56 Å². The van der Waals surface area contributed by atoms with Gasteiger partial charge in [-0.3, -0.25) is 4.79 Å². The van der Waals surface area contributed by atoms with Crippen LogP contribution >= 0.6 is 0 Å². The molecule has 0 aliphatic rings. The van der Waals surface area contributed by atoms with Crippen LogP contribution in [0.2, 0.25) is 0 Å². The summed E-state index contributed by atoms with van der Waals surface area (Å²) in [6, 6.07) is 18.5. The molecule has 2 N–H and O–H groups in total. The Hall–Kier alpha value is -2.79. The van der Waals surface area contributed by atoms with E-state index in [0.29, 0.717) is 29.8 Å². The predicted octanol–water partition coefficient (Wildman–Crippen LogP) is 3.67. The molecular weight excluding hydrogens is 340 g/mol. The minimum absolute atomic E-state index is 0.0869. The van der Waals surface area contributed by atoms with Crippen molar-refractivity contribution in [2.24, 2.45) is 5.41 Å². The topological polar surface area (TPSA) is 67.4 Å². The fourth-order valence-corrected chi connectivity index (χ4v) is 3.08. The summed E-state index contributed by atoms with van der Waals surface area (Å²) in [5.41, 5.74) is 1.12. The van der Waals surface area contributed by atoms with E-state index in [0.717, 1.165) is 0 Å². The first-order chi connectivity index (χ1) is 12.8. The molecule has 3 rings (SSSR count). The summed E-state index contributed by atoms with van der Waals surface area (Å²) in [7, 11) is 0. The van der Waals surface area contributed by atoms with Crippen molar-refractivity contribution in [3.63, 3.8) is 0 Å². The summed E-state index contributed by atoms with van der Waals surface area (Å²) in [6.07, 6.45) is 0.136. The zero-order valence-corrected chi connectivity index (χ0v) is 16.0. The molecule has 0 radical (unpaired) electrons. The molecule has 0 fully saturated rings. The van der Waals surface area contributed by atoms with Gasteiger partial charge >= 0.3 is 0 Å². The second kappa shape index (κ2) is 7.45. The molecule has 5 nitrogen and oxygen atoms in total. The van der Waals surface area contributed by atoms with Gasteiger partial charge in [-0.05, 0) is 42.5 Å². The number of aromatic hydroxyl groups is 1. The van der Waals surface area contributed by atoms with Gasteiger partial charge in [0.15, 0.2) is 0 Å². The number of hydrogen-bond acceptors (Lipinski definition) is 3. The van der Waals surface area contributed by atoms with Gasteiger partial charge in [-0.2, -0.15) is 0 Å². The highest BCUT2D eigenvalue weighted by Gasteiger charge is 2.26. The number of aromatic nitrogens is 2. The molecule has 0 saturated heterocycles. The van der Waals surface area contributed by atoms with E-state index in [4.69, 9.17) is 0 Å². The third-order valence-corrected chi connectivity index (χ3v) is 4.79. The van der Waals surface area contributed by atoms with Crippen LogP contribution in [0.5, 0.6) is 5.88 Å². The monoisotopic (exact) mass is 366 g/mol. The highest BCUT2D eigenvalue weighted by atomic mass is 16.3. The van der Waals surface area contributed by atoms with Crippen LogP contribution in [0.25, 0.3) is 11.4 Å². The molecule has 0 aliphatic carbocycles. The molecule has 0 saturated carbocycles. The zero-order chi connectivity index (χ0) is 19.6. The van der Waals surface area contributed by atoms with E-state index in [1.165, 1.54) is 9.36 Å². The third-order valence-electron chi connectivity index (χ3n) is 4.79. The van der Waals surface area contributed by atoms with Gasteiger partial charge < -0.3 is 10.2 Å². The van der Waals surface area contributed by atoms with Crippen molar-refractivity contribution in [1.82, 2.24) is 9.36 Å². The Morgan fingerprint density at radius 3 is 1.85 bits per heavy atom. The molecule has 1 unspecified atom stereocenters. The Morgan fingerprint density at radius 2 is 1.37 bits per heavy atom. The van der Waals surface area contributed by atoms with Crippen LogP contribution in [0.4, 0.5) is 0 Å². The van der Waals surface area contributed by atoms with E-state index < -0.39 is 6.10 Å². The van der Waals surface area contributed by atoms with E-state index in [9.17, 15) is 15.0 Å². The molecule has 0 spiro atoms. The van der Waals surface area contributed by atoms with Crippen molar-refractivity contribution in [2.75, 3.05) is 0 Å². The minimum Gasteiger partial charge on any atom is -0.493 e. The first kappa shape index (κ1) is 19.0. The van der Waals surface area contributed by atoms with Gasteiger partial charge in [0.05, 0.1) is 23.0 Å². The average Bonchev–Trinajstić information content (AvgIpc) is 2.90. The number of para-hydroxylation sites is 2. The smallest absolute Gasteiger partial charge is 0.278 e. The molecule has 0 amide bonds. The number of rotatable bonds is 5. The standard InChI is InChI=1S/C22H26N2O3/c1-22(2,3)19(25)15-14-18-20(26)23(16-10-6-4-7-11-16)24(21(18)27)17-12-8-5-9-13-17/h4-13,19,25-26H,14-15H2,1-3H3. The van der Waals surface area contributed by atoms with E-state index >= 15 is 0 Å². The van der Waals surface area contributed by atoms with Crippen LogP contribution in [-0.4, -0.2) is 25.7 Å². The molecule has 5 heteroatoms. The molecule has 27 heavy (non-hydrogen) atoms. The Balaban J connectivity index is 2.11. The van der Waals surface area contributed by atoms with Crippen molar-refractivity contribution in [3.05, 3.63) is 76.6 Å². The molecule has 1 aromatic heterocycles. The molecule has 3 aromatic rings. The molecular formula is C22H26N2O3. The highest BCUT2D eigenvalue weighted by Crippen LogP contribution is 2.27. The number of benzene rings is 2. The van der Waals surface area contributed by atoms with Gasteiger partial charge in [0, 0.05) is 0 Å². The van der Waals surface area contributed by atoms with Crippen molar-refractivity contribution >= 4 is 0 Å². The van der Waals surface area contributed by atoms with Crippen LogP contribution in [0.1, 0.15) is 32.8 Å². The van der Waals surface area contributed by atoms with Crippen LogP contribution in [0.15, 0.2) is 65.5 Å². The molecule has 1 heterocycles. The van der Waals surface area contributed by atoms with Gasteiger partial charge in [-0.25, -0.2) is 9.36 Å². The number of nitrogens with zero attached hydrogens (tertiary/aromatic N) is 2. The first-order valence-corrected chi connectivity index (χ1v) is 9.15. The van der Waals surface area contributed by atoms with Crippen molar-refractivity contribution in [1.29, 1.82) is 0 Å². The second-order valence-corrected chi connectivity index (χ2v) is 7.82. The first-order valence-electron chi connectivity index (χ1n) is 9.15. The summed E-state index contributed by atoms with van der Waals surface area (Å²) < 4.78 is 3.00. The van der Waals surface area contributed by atoms with Crippen LogP contribution in [0.3, 0.4) is 0 Å². The molecule has 0 bridgehead atoms. The lowest BCUT2D eigenvalue weighted by molar-refractivity contribution is 0.0558. The quantitative estimate of drug-likeness (QED) is 0.724. The predicted molar refractivity (Wildman–Crippen MR) is 107 cm³/mol. The maximum Gasteiger partial charge on any atom is 0.278 e. The minimum atomic E-state index is -0.568. The van der Waals surface area contributed by atoms with Crippen molar-refractivity contribution in [2.45, 2.75) is 39.7 Å². The lowest BCUT2D eigenvalue weighted by Gasteiger charge is -2.25. The van der Waals surface area contributed by atoms with E-state index in [1.54, 1.807) is 0 Å². The third kappa shape index (κ3) is 3.83. The summed E-state index contributed by atoms with van der Waals surface area (Å²) in [5, 5.41) is 21.2. The summed E-state index contributed by atoms with van der Waals surface area (Å²) >= 11 is 0. The number of hydrogen-bond donors (Lipinski definition) is 2. The van der Waals surface area contributed by atoms with Gasteiger partial charge in [-0.1, -0.05) is 57.2 Å². The summed E-state index contributed by atoms with van der Waals surface area (Å²) in [5.74, 6) is -0.0869. The Morgan fingerprint density at radius 1 is 0.889 bits per heavy atom. The van der Waals surface area contributed by atoms with Crippen LogP contribution in [-0.2, 0) is 6.42 Å². The van der Waals surface area contributed by atoms with Gasteiger partial charge in [-0.15, -0.1) is 0 Å². The highest BCUT2D eigenvalue weighted by molar-refractivity contribution is 5.43. The van der Waals surface area contributed by atoms with Gasteiger partial charge in [0.2, 0.25) is 5.88 Å². The molecule has 0 aliphatic heterocycles. The maximum atomic E-state index is 13.1. The Kier molecular flexibility index (Phi) is 5.24. The Labute approximate surface area is 159 Å². The maximum absolute atomic E-state index is 13.1. The molecule has 2 aromatic carbocycles. The van der Waals surface area contributed by atoms with Gasteiger partial charge in [0.1, 0.15) is 0 Å². The fourth-order valence-electron chi connectivity index (χ4n) is 3.08. The summed E-state index contributed by atoms with van der Waals surface area (Å²) in [4.78, 5) is 13.1. The average molecular weight is 366 g/mol. The van der Waals surface area contributed by atoms with Gasteiger partial charge in [0.25, 0.3) is 5.56 Å².